The molecule has 0 radical (unpaired) electrons. The minimum Gasteiger partial charge on any atom is -0.325 e. The molecule has 7 nitrogen and oxygen atoms in total. The lowest BCUT2D eigenvalue weighted by Crippen LogP contribution is -2.42. The van der Waals surface area contributed by atoms with Crippen molar-refractivity contribution in [3.63, 3.8) is 0 Å². The number of thioether (sulfide) groups is 1. The summed E-state index contributed by atoms with van der Waals surface area (Å²) in [6, 6.07) is 2.98. The maximum atomic E-state index is 13.2. The molecule has 30 heavy (non-hydrogen) atoms. The standard InChI is InChI=1S/C20H25F2N5O2S/c1-12(28)16-10-15(4-7-23-16)24-20(29)27-8-5-14(6-9-27)13(2)30-17-11-26(3)25-18(17)19(21)22/h4,7,10-11,13-14,19H,5-6,8-9H2,1-3H3,(H,23,24,29). The van der Waals surface area contributed by atoms with Crippen molar-refractivity contribution in [2.24, 2.45) is 13.0 Å². The smallest absolute Gasteiger partial charge is 0.321 e. The van der Waals surface area contributed by atoms with Gasteiger partial charge >= 0.3 is 6.03 Å². The van der Waals surface area contributed by atoms with E-state index in [9.17, 15) is 18.4 Å². The zero-order valence-electron chi connectivity index (χ0n) is 17.1. The third kappa shape index (κ3) is 5.35. The van der Waals surface area contributed by atoms with Crippen LogP contribution >= 0.6 is 11.8 Å². The van der Waals surface area contributed by atoms with E-state index in [1.165, 1.54) is 29.6 Å². The SMILES string of the molecule is CC(=O)c1cc(NC(=O)N2CCC(C(C)Sc3cn(C)nc3C(F)F)CC2)ccn1. The summed E-state index contributed by atoms with van der Waals surface area (Å²) in [5.41, 5.74) is 0.659. The Morgan fingerprint density at radius 1 is 1.30 bits per heavy atom. The summed E-state index contributed by atoms with van der Waals surface area (Å²) < 4.78 is 27.7. The number of hydrogen-bond acceptors (Lipinski definition) is 5. The van der Waals surface area contributed by atoms with Crippen molar-refractivity contribution in [2.45, 2.75) is 43.3 Å². The van der Waals surface area contributed by atoms with Gasteiger partial charge in [0.25, 0.3) is 6.43 Å². The first kappa shape index (κ1) is 22.2. The second kappa shape index (κ2) is 9.55. The number of ketones is 1. The number of halogens is 2. The zero-order valence-corrected chi connectivity index (χ0v) is 18.0. The highest BCUT2D eigenvalue weighted by molar-refractivity contribution is 8.00. The predicted molar refractivity (Wildman–Crippen MR) is 111 cm³/mol. The number of hydrogen-bond donors (Lipinski definition) is 1. The van der Waals surface area contributed by atoms with Gasteiger partial charge in [0.05, 0.1) is 4.90 Å². The zero-order chi connectivity index (χ0) is 21.8. The molecule has 10 heteroatoms. The minimum atomic E-state index is -2.59. The maximum Gasteiger partial charge on any atom is 0.321 e. The molecule has 1 aliphatic rings. The number of carbonyl (C=O) groups excluding carboxylic acids is 2. The quantitative estimate of drug-likeness (QED) is 0.536. The molecule has 1 fully saturated rings. The van der Waals surface area contributed by atoms with Crippen LogP contribution in [0.3, 0.4) is 0 Å². The van der Waals surface area contributed by atoms with E-state index in [2.05, 4.69) is 15.4 Å². The number of piperidine rings is 1. The highest BCUT2D eigenvalue weighted by Gasteiger charge is 2.29. The molecule has 2 aromatic heterocycles. The molecule has 0 saturated carbocycles. The molecule has 2 aromatic rings. The number of alkyl halides is 2. The van der Waals surface area contributed by atoms with Crippen LogP contribution in [0, 0.1) is 5.92 Å². The molecular formula is C20H25F2N5O2S. The van der Waals surface area contributed by atoms with Crippen molar-refractivity contribution < 1.29 is 18.4 Å². The van der Waals surface area contributed by atoms with Crippen molar-refractivity contribution in [3.05, 3.63) is 35.9 Å². The van der Waals surface area contributed by atoms with Gasteiger partial charge in [0.2, 0.25) is 0 Å². The Labute approximate surface area is 178 Å². The van der Waals surface area contributed by atoms with Crippen molar-refractivity contribution in [1.29, 1.82) is 0 Å². The van der Waals surface area contributed by atoms with Gasteiger partial charge in [-0.15, -0.1) is 11.8 Å². The number of Topliss-reactive ketones (excluding diaryl/α,β-unsaturated/α-hetero) is 1. The Balaban J connectivity index is 1.53. The summed E-state index contributed by atoms with van der Waals surface area (Å²) in [7, 11) is 1.64. The van der Waals surface area contributed by atoms with Gasteiger partial charge in [0.15, 0.2) is 5.78 Å². The maximum absolute atomic E-state index is 13.2. The fourth-order valence-corrected chi connectivity index (χ4v) is 4.83. The third-order valence-corrected chi connectivity index (χ3v) is 6.53. The molecule has 3 rings (SSSR count). The van der Waals surface area contributed by atoms with Gasteiger partial charge in [0, 0.05) is 50.4 Å². The van der Waals surface area contributed by atoms with Gasteiger partial charge in [0.1, 0.15) is 11.4 Å². The van der Waals surface area contributed by atoms with Crippen LogP contribution in [0.15, 0.2) is 29.4 Å². The normalized spacial score (nSPS) is 16.0. The molecule has 1 unspecified atom stereocenters. The minimum absolute atomic E-state index is 0.134. The molecule has 162 valence electrons. The Morgan fingerprint density at radius 3 is 2.63 bits per heavy atom. The summed E-state index contributed by atoms with van der Waals surface area (Å²) in [4.78, 5) is 30.2. The molecule has 1 atom stereocenters. The van der Waals surface area contributed by atoms with E-state index in [1.54, 1.807) is 30.3 Å². The van der Waals surface area contributed by atoms with Crippen LogP contribution in [-0.2, 0) is 7.05 Å². The van der Waals surface area contributed by atoms with Crippen LogP contribution in [0.4, 0.5) is 19.3 Å². The summed E-state index contributed by atoms with van der Waals surface area (Å²) in [6.07, 6.45) is 2.11. The molecule has 2 amide bonds. The Bertz CT molecular complexity index is 912. The molecule has 1 aliphatic heterocycles. The lowest BCUT2D eigenvalue weighted by Gasteiger charge is -2.34. The van der Waals surface area contributed by atoms with Crippen molar-refractivity contribution in [2.75, 3.05) is 18.4 Å². The largest absolute Gasteiger partial charge is 0.325 e. The lowest BCUT2D eigenvalue weighted by atomic mass is 9.94. The molecule has 3 heterocycles. The van der Waals surface area contributed by atoms with Crippen molar-refractivity contribution in [1.82, 2.24) is 19.7 Å². The van der Waals surface area contributed by atoms with Crippen LogP contribution in [0.2, 0.25) is 0 Å². The highest BCUT2D eigenvalue weighted by atomic mass is 32.2. The molecule has 1 N–H and O–H groups in total. The number of nitrogens with one attached hydrogen (secondary N) is 1. The van der Waals surface area contributed by atoms with E-state index in [0.717, 1.165) is 12.8 Å². The van der Waals surface area contributed by atoms with Gasteiger partial charge in [-0.05, 0) is 30.9 Å². The third-order valence-electron chi connectivity index (χ3n) is 5.20. The lowest BCUT2D eigenvalue weighted by molar-refractivity contribution is 0.101. The number of carbonyl (C=O) groups is 2. The molecule has 0 bridgehead atoms. The van der Waals surface area contributed by atoms with Crippen molar-refractivity contribution >= 4 is 29.3 Å². The van der Waals surface area contributed by atoms with Gasteiger partial charge in [-0.3, -0.25) is 14.5 Å². The van der Waals surface area contributed by atoms with Crippen LogP contribution in [0.5, 0.6) is 0 Å². The van der Waals surface area contributed by atoms with Gasteiger partial charge in [-0.2, -0.15) is 5.10 Å². The van der Waals surface area contributed by atoms with Gasteiger partial charge < -0.3 is 10.2 Å². The molecule has 0 spiro atoms. The van der Waals surface area contributed by atoms with Crippen LogP contribution in [-0.4, -0.2) is 49.8 Å². The Kier molecular flexibility index (Phi) is 7.06. The van der Waals surface area contributed by atoms with Crippen LogP contribution in [0.25, 0.3) is 0 Å². The monoisotopic (exact) mass is 437 g/mol. The first-order valence-corrected chi connectivity index (χ1v) is 10.6. The Morgan fingerprint density at radius 2 is 2.00 bits per heavy atom. The molecule has 0 aliphatic carbocycles. The number of likely N-dealkylation sites (tertiary alicyclic amines) is 1. The summed E-state index contributed by atoms with van der Waals surface area (Å²) in [5, 5.41) is 6.80. The van der Waals surface area contributed by atoms with Gasteiger partial charge in [-0.25, -0.2) is 13.6 Å². The number of aromatic nitrogens is 3. The van der Waals surface area contributed by atoms with E-state index in [4.69, 9.17) is 0 Å². The molecular weight excluding hydrogens is 412 g/mol. The van der Waals surface area contributed by atoms with Crippen molar-refractivity contribution in [3.8, 4) is 0 Å². The van der Waals surface area contributed by atoms with E-state index < -0.39 is 6.43 Å². The first-order valence-electron chi connectivity index (χ1n) is 9.76. The number of rotatable bonds is 6. The average molecular weight is 438 g/mol. The number of nitrogens with zero attached hydrogens (tertiary/aromatic N) is 4. The van der Waals surface area contributed by atoms with E-state index >= 15 is 0 Å². The number of anilines is 1. The highest BCUT2D eigenvalue weighted by Crippen LogP contribution is 2.37. The summed E-state index contributed by atoms with van der Waals surface area (Å²) in [5.74, 6) is 0.150. The second-order valence-corrected chi connectivity index (χ2v) is 8.84. The van der Waals surface area contributed by atoms with E-state index in [1.807, 2.05) is 6.92 Å². The fourth-order valence-electron chi connectivity index (χ4n) is 3.50. The summed E-state index contributed by atoms with van der Waals surface area (Å²) in [6.45, 7) is 4.63. The Hall–Kier alpha value is -2.49. The van der Waals surface area contributed by atoms with E-state index in [0.29, 0.717) is 35.3 Å². The van der Waals surface area contributed by atoms with E-state index in [-0.39, 0.29) is 22.8 Å². The molecule has 1 saturated heterocycles. The number of pyridine rings is 1. The topological polar surface area (TPSA) is 80.1 Å². The van der Waals surface area contributed by atoms with Crippen LogP contribution < -0.4 is 5.32 Å². The summed E-state index contributed by atoms with van der Waals surface area (Å²) >= 11 is 1.42. The first-order chi connectivity index (χ1) is 14.2. The van der Waals surface area contributed by atoms with Crippen LogP contribution in [0.1, 0.15) is 49.3 Å². The average Bonchev–Trinajstić information content (AvgIpc) is 3.08. The fraction of sp³-hybridized carbons (Fsp3) is 0.500. The predicted octanol–water partition coefficient (Wildman–Crippen LogP) is 4.38. The molecule has 0 aromatic carbocycles. The second-order valence-electron chi connectivity index (χ2n) is 7.42. The number of aryl methyl sites for hydroxylation is 1. The number of urea groups is 1. The van der Waals surface area contributed by atoms with Gasteiger partial charge in [-0.1, -0.05) is 6.92 Å². The number of amides is 2.